The Balaban J connectivity index is 3.45. The predicted octanol–water partition coefficient (Wildman–Crippen LogP) is 0.958. The number of carbonyl (C=O) groups excluding carboxylic acids is 1. The lowest BCUT2D eigenvalue weighted by Gasteiger charge is -2.05. The maximum absolute atomic E-state index is 11.5. The van der Waals surface area contributed by atoms with Gasteiger partial charge in [0.05, 0.1) is 21.5 Å². The molecule has 1 aromatic rings. The first-order chi connectivity index (χ1) is 8.38. The molecule has 0 aliphatic heterocycles. The molecule has 0 saturated heterocycles. The van der Waals surface area contributed by atoms with E-state index in [2.05, 4.69) is 5.32 Å². The molecule has 0 aliphatic rings. The van der Waals surface area contributed by atoms with Gasteiger partial charge in [0.1, 0.15) is 0 Å². The van der Waals surface area contributed by atoms with Gasteiger partial charge in [-0.2, -0.15) is 0 Å². The Bertz CT molecular complexity index is 527. The topological polar surface area (TPSA) is 136 Å². The monoisotopic (exact) mass is 255 g/mol. The molecule has 0 saturated carbocycles. The number of benzene rings is 1. The lowest BCUT2D eigenvalue weighted by Crippen LogP contribution is -2.23. The van der Waals surface area contributed by atoms with Crippen LogP contribution in [0.25, 0.3) is 0 Å². The standard InChI is InChI=1S/C9H9N3O6/c1-2-10-9(14)6-3-5(11(15)16)4-7(8(6)13)12(17)18/h3-4,13H,2H2,1H3,(H,10,14). The quantitative estimate of drug-likeness (QED) is 0.607. The SMILES string of the molecule is CCNC(=O)c1cc([N+](=O)[O-])cc([N+](=O)[O-])c1O. The van der Waals surface area contributed by atoms with Gasteiger partial charge in [0.2, 0.25) is 5.75 Å². The number of nitrogens with zero attached hydrogens (tertiary/aromatic N) is 2. The summed E-state index contributed by atoms with van der Waals surface area (Å²) in [6.07, 6.45) is 0. The molecule has 0 fully saturated rings. The van der Waals surface area contributed by atoms with Crippen LogP contribution < -0.4 is 5.32 Å². The van der Waals surface area contributed by atoms with Crippen molar-refractivity contribution >= 4 is 17.3 Å². The average molecular weight is 255 g/mol. The summed E-state index contributed by atoms with van der Waals surface area (Å²) < 4.78 is 0. The third kappa shape index (κ3) is 2.51. The summed E-state index contributed by atoms with van der Waals surface area (Å²) in [5.41, 5.74) is -2.02. The van der Waals surface area contributed by atoms with E-state index in [1.807, 2.05) is 0 Å². The molecule has 1 aromatic carbocycles. The van der Waals surface area contributed by atoms with Crippen LogP contribution in [0.3, 0.4) is 0 Å². The maximum Gasteiger partial charge on any atom is 0.318 e. The average Bonchev–Trinajstić information content (AvgIpc) is 2.28. The van der Waals surface area contributed by atoms with Crippen LogP contribution in [0.5, 0.6) is 5.75 Å². The summed E-state index contributed by atoms with van der Waals surface area (Å²) in [5.74, 6) is -1.71. The van der Waals surface area contributed by atoms with E-state index in [0.717, 1.165) is 6.07 Å². The number of phenolic OH excluding ortho intramolecular Hbond substituents is 1. The molecule has 9 nitrogen and oxygen atoms in total. The zero-order valence-corrected chi connectivity index (χ0v) is 9.24. The molecule has 0 unspecified atom stereocenters. The molecule has 2 N–H and O–H groups in total. The fourth-order valence-electron chi connectivity index (χ4n) is 1.28. The highest BCUT2D eigenvalue weighted by molar-refractivity contribution is 5.98. The number of non-ortho nitro benzene ring substituents is 1. The molecule has 0 radical (unpaired) electrons. The molecule has 0 atom stereocenters. The highest BCUT2D eigenvalue weighted by atomic mass is 16.6. The Kier molecular flexibility index (Phi) is 3.77. The summed E-state index contributed by atoms with van der Waals surface area (Å²) in [4.78, 5) is 30.8. The number of nitro benzene ring substituents is 2. The molecule has 1 amide bonds. The van der Waals surface area contributed by atoms with Gasteiger partial charge in [-0.3, -0.25) is 25.0 Å². The van der Waals surface area contributed by atoms with Crippen molar-refractivity contribution in [3.05, 3.63) is 37.9 Å². The Morgan fingerprint density at radius 1 is 1.33 bits per heavy atom. The second-order valence-electron chi connectivity index (χ2n) is 3.23. The zero-order chi connectivity index (χ0) is 13.9. The first-order valence-corrected chi connectivity index (χ1v) is 4.82. The van der Waals surface area contributed by atoms with Gasteiger partial charge >= 0.3 is 5.69 Å². The summed E-state index contributed by atoms with van der Waals surface area (Å²) in [7, 11) is 0. The van der Waals surface area contributed by atoms with Crippen molar-refractivity contribution in [2.75, 3.05) is 6.54 Å². The van der Waals surface area contributed by atoms with Gasteiger partial charge in [-0.25, -0.2) is 0 Å². The van der Waals surface area contributed by atoms with Crippen molar-refractivity contribution in [2.45, 2.75) is 6.92 Å². The summed E-state index contributed by atoms with van der Waals surface area (Å²) in [5, 5.41) is 33.0. The molecular weight excluding hydrogens is 246 g/mol. The highest BCUT2D eigenvalue weighted by Gasteiger charge is 2.26. The number of amides is 1. The van der Waals surface area contributed by atoms with Crippen molar-refractivity contribution in [3.8, 4) is 5.75 Å². The first kappa shape index (κ1) is 13.4. The minimum Gasteiger partial charge on any atom is -0.502 e. The minimum absolute atomic E-state index is 0.217. The van der Waals surface area contributed by atoms with E-state index in [1.165, 1.54) is 0 Å². The largest absolute Gasteiger partial charge is 0.502 e. The zero-order valence-electron chi connectivity index (χ0n) is 9.24. The summed E-state index contributed by atoms with van der Waals surface area (Å²) in [6, 6.07) is 1.38. The molecule has 0 bridgehead atoms. The second kappa shape index (κ2) is 5.08. The van der Waals surface area contributed by atoms with Crippen LogP contribution >= 0.6 is 0 Å². The molecule has 0 aliphatic carbocycles. The number of phenols is 1. The third-order valence-electron chi connectivity index (χ3n) is 2.06. The first-order valence-electron chi connectivity index (χ1n) is 4.82. The van der Waals surface area contributed by atoms with Crippen LogP contribution in [-0.2, 0) is 0 Å². The van der Waals surface area contributed by atoms with E-state index in [-0.39, 0.29) is 6.54 Å². The molecule has 0 spiro atoms. The number of carbonyl (C=O) groups is 1. The van der Waals surface area contributed by atoms with Gasteiger partial charge in [-0.1, -0.05) is 0 Å². The van der Waals surface area contributed by atoms with Gasteiger partial charge < -0.3 is 10.4 Å². The number of rotatable bonds is 4. The number of hydrogen-bond acceptors (Lipinski definition) is 6. The fourth-order valence-corrected chi connectivity index (χ4v) is 1.28. The Labute approximate surface area is 100 Å². The number of nitro groups is 2. The van der Waals surface area contributed by atoms with Crippen molar-refractivity contribution in [1.29, 1.82) is 0 Å². The van der Waals surface area contributed by atoms with Crippen molar-refractivity contribution in [3.63, 3.8) is 0 Å². The van der Waals surface area contributed by atoms with Gasteiger partial charge in [-0.05, 0) is 6.92 Å². The smallest absolute Gasteiger partial charge is 0.318 e. The molecule has 9 heteroatoms. The van der Waals surface area contributed by atoms with Crippen molar-refractivity contribution in [1.82, 2.24) is 5.32 Å². The van der Waals surface area contributed by atoms with Crippen LogP contribution in [0.1, 0.15) is 17.3 Å². The lowest BCUT2D eigenvalue weighted by atomic mass is 10.1. The van der Waals surface area contributed by atoms with Gasteiger partial charge in [0.25, 0.3) is 11.6 Å². The van der Waals surface area contributed by atoms with Crippen LogP contribution in [0.2, 0.25) is 0 Å². The molecule has 0 heterocycles. The van der Waals surface area contributed by atoms with E-state index in [1.54, 1.807) is 6.92 Å². The van der Waals surface area contributed by atoms with E-state index in [9.17, 15) is 30.1 Å². The van der Waals surface area contributed by atoms with Crippen LogP contribution in [0, 0.1) is 20.2 Å². The van der Waals surface area contributed by atoms with E-state index in [0.29, 0.717) is 6.07 Å². The van der Waals surface area contributed by atoms with Gasteiger partial charge in [0.15, 0.2) is 0 Å². The lowest BCUT2D eigenvalue weighted by molar-refractivity contribution is -0.394. The molecule has 0 aromatic heterocycles. The van der Waals surface area contributed by atoms with Gasteiger partial charge in [0, 0.05) is 12.6 Å². The Morgan fingerprint density at radius 3 is 2.39 bits per heavy atom. The Morgan fingerprint density at radius 2 is 1.94 bits per heavy atom. The van der Waals surface area contributed by atoms with Crippen LogP contribution in [-0.4, -0.2) is 27.4 Å². The van der Waals surface area contributed by atoms with E-state index < -0.39 is 38.4 Å². The minimum atomic E-state index is -0.995. The van der Waals surface area contributed by atoms with E-state index in [4.69, 9.17) is 0 Å². The molecule has 1 rings (SSSR count). The highest BCUT2D eigenvalue weighted by Crippen LogP contribution is 2.34. The molecule has 18 heavy (non-hydrogen) atoms. The predicted molar refractivity (Wildman–Crippen MR) is 59.4 cm³/mol. The fraction of sp³-hybridized carbons (Fsp3) is 0.222. The molecular formula is C9H9N3O6. The molecule has 96 valence electrons. The summed E-state index contributed by atoms with van der Waals surface area (Å²) in [6.45, 7) is 1.81. The Hall–Kier alpha value is -2.71. The number of aromatic hydroxyl groups is 1. The third-order valence-corrected chi connectivity index (χ3v) is 2.06. The number of hydrogen-bond donors (Lipinski definition) is 2. The maximum atomic E-state index is 11.5. The van der Waals surface area contributed by atoms with Gasteiger partial charge in [-0.15, -0.1) is 0 Å². The second-order valence-corrected chi connectivity index (χ2v) is 3.23. The van der Waals surface area contributed by atoms with Crippen molar-refractivity contribution in [2.24, 2.45) is 0 Å². The van der Waals surface area contributed by atoms with E-state index >= 15 is 0 Å². The van der Waals surface area contributed by atoms with Crippen LogP contribution in [0.15, 0.2) is 12.1 Å². The summed E-state index contributed by atoms with van der Waals surface area (Å²) >= 11 is 0. The normalized spacial score (nSPS) is 9.83. The number of nitrogens with one attached hydrogen (secondary N) is 1. The van der Waals surface area contributed by atoms with Crippen LogP contribution in [0.4, 0.5) is 11.4 Å². The van der Waals surface area contributed by atoms with Crippen molar-refractivity contribution < 1.29 is 19.7 Å².